The highest BCUT2D eigenvalue weighted by atomic mass is 32.2. The lowest BCUT2D eigenvalue weighted by Gasteiger charge is -2.42. The zero-order valence-electron chi connectivity index (χ0n) is 38.6. The Labute approximate surface area is 398 Å². The molecule has 0 spiro atoms. The summed E-state index contributed by atoms with van der Waals surface area (Å²) in [4.78, 5) is 35.6. The maximum atomic E-state index is 12.8. The van der Waals surface area contributed by atoms with Crippen molar-refractivity contribution in [3.05, 3.63) is 144 Å². The molecule has 6 aromatic rings. The van der Waals surface area contributed by atoms with Crippen LogP contribution in [0.3, 0.4) is 0 Å². The SMILES string of the molecule is [CH2-][N+]1=C2N=c3c4ccccc4c4n3[Si](O[Si](C)(C)CCCN)(O[Si](C)(C)CCCNC(=O)CCCS(=O)(=O)O)n3c(c5ccccc5c3N=C3c5ccccc5C(=[N+]3[CH2-])N=4)N=C1c1ccccc12. The molecular formula is C48H54N10O6SSi3. The molecule has 68 heavy (non-hydrogen) atoms. The third kappa shape index (κ3) is 7.93. The fourth-order valence-electron chi connectivity index (χ4n) is 9.72. The number of benzene rings is 4. The van der Waals surface area contributed by atoms with Crippen molar-refractivity contribution in [3.8, 4) is 0 Å². The van der Waals surface area contributed by atoms with Gasteiger partial charge in [0.15, 0.2) is 40.0 Å². The van der Waals surface area contributed by atoms with E-state index < -0.39 is 41.4 Å². The molecule has 20 heteroatoms. The Kier molecular flexibility index (Phi) is 11.5. The molecule has 4 aliphatic rings. The number of hydrogen-bond donors (Lipinski definition) is 3. The van der Waals surface area contributed by atoms with Crippen LogP contribution < -0.4 is 22.0 Å². The van der Waals surface area contributed by atoms with Gasteiger partial charge in [-0.1, -0.05) is 86.9 Å². The highest BCUT2D eigenvalue weighted by Gasteiger charge is 2.59. The van der Waals surface area contributed by atoms with E-state index in [0.717, 1.165) is 56.3 Å². The van der Waals surface area contributed by atoms with Gasteiger partial charge in [-0.2, -0.15) is 8.42 Å². The lowest BCUT2D eigenvalue weighted by atomic mass is 10.1. The Morgan fingerprint density at radius 2 is 1.12 bits per heavy atom. The van der Waals surface area contributed by atoms with E-state index >= 15 is 0 Å². The Balaban J connectivity index is 1.33. The first-order chi connectivity index (χ1) is 32.5. The van der Waals surface area contributed by atoms with E-state index in [4.69, 9.17) is 33.9 Å². The first kappa shape index (κ1) is 45.7. The minimum Gasteiger partial charge on any atom is -0.404 e. The van der Waals surface area contributed by atoms with Gasteiger partial charge in [-0.15, -0.1) is 20.0 Å². The van der Waals surface area contributed by atoms with Crippen molar-refractivity contribution in [1.82, 2.24) is 13.8 Å². The fraction of sp³-hybridized carbons (Fsp3) is 0.271. The van der Waals surface area contributed by atoms with Crippen LogP contribution in [0, 0.1) is 14.1 Å². The molecule has 1 unspecified atom stereocenters. The van der Waals surface area contributed by atoms with Crippen LogP contribution in [-0.2, 0) is 23.1 Å². The third-order valence-corrected chi connectivity index (χ3v) is 25.2. The third-order valence-electron chi connectivity index (χ3n) is 12.8. The Morgan fingerprint density at radius 1 is 0.676 bits per heavy atom. The van der Waals surface area contributed by atoms with Gasteiger partial charge in [0, 0.05) is 34.5 Å². The molecule has 4 aliphatic heterocycles. The van der Waals surface area contributed by atoms with E-state index in [2.05, 4.69) is 78.3 Å². The van der Waals surface area contributed by atoms with Crippen LogP contribution in [0.15, 0.2) is 117 Å². The summed E-state index contributed by atoms with van der Waals surface area (Å²) in [5, 5.41) is 6.28. The number of hydrogen-bond acceptors (Lipinski definition) is 10. The summed E-state index contributed by atoms with van der Waals surface area (Å²) in [5.41, 5.74) is 10.9. The standard InChI is InChI=1S/C48H54N10O6SSi3/c1-55-41-32-18-7-8-19-33(32)42(55)52-46-37-23-12-14-25-39(37)48-54-44-35-21-10-9-20-34(35)43(56(44)2)53-47-38-24-13-11-22-36(38)45(51-41)57(47)68(58(46)48,63-66(3,4)30-16-27-49)64-67(5,6)31-17-28-50-40(59)26-15-29-65(60,61)62/h7-14,18-25H,1-2,15-17,26-31,49H2,3-6H3,(H,50,59)(H,60,61,62). The second-order valence-corrected chi connectivity index (χ2v) is 32.0. The highest BCUT2D eigenvalue weighted by Crippen LogP contribution is 2.45. The molecule has 0 saturated carbocycles. The van der Waals surface area contributed by atoms with Crippen LogP contribution in [-0.4, -0.2) is 104 Å². The summed E-state index contributed by atoms with van der Waals surface area (Å²) in [6.45, 7) is 9.60. The van der Waals surface area contributed by atoms with Crippen molar-refractivity contribution < 1.29 is 35.1 Å². The molecule has 350 valence electrons. The number of nitrogens with one attached hydrogen (secondary N) is 1. The summed E-state index contributed by atoms with van der Waals surface area (Å²) in [5.74, 6) is 2.83. The van der Waals surface area contributed by atoms with Gasteiger partial charge in [0.2, 0.25) is 28.5 Å². The van der Waals surface area contributed by atoms with Crippen molar-refractivity contribution in [1.29, 1.82) is 0 Å². The van der Waals surface area contributed by atoms with Gasteiger partial charge in [0.25, 0.3) is 10.1 Å². The van der Waals surface area contributed by atoms with Gasteiger partial charge in [-0.3, -0.25) is 9.35 Å². The van der Waals surface area contributed by atoms with Crippen LogP contribution in [0.5, 0.6) is 0 Å². The summed E-state index contributed by atoms with van der Waals surface area (Å²) >= 11 is 0. The molecule has 10 rings (SSSR count). The number of aromatic nitrogens is 2. The molecule has 0 saturated heterocycles. The molecule has 6 heterocycles. The molecule has 1 amide bonds. The van der Waals surface area contributed by atoms with Gasteiger partial charge in [-0.25, -0.2) is 8.47 Å². The topological polar surface area (TPSA) is 193 Å². The second kappa shape index (κ2) is 17.1. The van der Waals surface area contributed by atoms with Crippen molar-refractivity contribution in [2.24, 2.45) is 25.7 Å². The summed E-state index contributed by atoms with van der Waals surface area (Å²) < 4.78 is 56.2. The molecule has 2 aromatic heterocycles. The highest BCUT2D eigenvalue weighted by molar-refractivity contribution is 7.85. The Morgan fingerprint density at radius 3 is 1.59 bits per heavy atom. The van der Waals surface area contributed by atoms with E-state index in [0.29, 0.717) is 71.5 Å². The van der Waals surface area contributed by atoms with Crippen molar-refractivity contribution in [3.63, 3.8) is 0 Å². The predicted octanol–water partition coefficient (Wildman–Crippen LogP) is 5.95. The summed E-state index contributed by atoms with van der Waals surface area (Å²) in [6, 6.07) is 33.8. The van der Waals surface area contributed by atoms with E-state index in [1.165, 1.54) is 0 Å². The molecule has 16 nitrogen and oxygen atoms in total. The number of nitrogens with zero attached hydrogens (tertiary/aromatic N) is 8. The number of rotatable bonds is 15. The fourth-order valence-corrected chi connectivity index (χ4v) is 22.8. The van der Waals surface area contributed by atoms with Crippen LogP contribution >= 0.6 is 0 Å². The van der Waals surface area contributed by atoms with E-state index in [9.17, 15) is 17.8 Å². The molecule has 1 atom stereocenters. The summed E-state index contributed by atoms with van der Waals surface area (Å²) in [7, 11) is -5.23. The molecular weight excluding hydrogens is 929 g/mol. The molecule has 0 radical (unpaired) electrons. The number of nitrogens with two attached hydrogens (primary N) is 1. The first-order valence-corrected chi connectivity index (χ1v) is 32.4. The largest absolute Gasteiger partial charge is 0.586 e. The van der Waals surface area contributed by atoms with Crippen molar-refractivity contribution >= 4 is 98.1 Å². The van der Waals surface area contributed by atoms with Crippen LogP contribution in [0.4, 0.5) is 11.6 Å². The minimum atomic E-state index is -4.45. The van der Waals surface area contributed by atoms with Crippen molar-refractivity contribution in [2.75, 3.05) is 18.8 Å². The van der Waals surface area contributed by atoms with Gasteiger partial charge < -0.3 is 28.4 Å². The monoisotopic (exact) mass is 982 g/mol. The quantitative estimate of drug-likeness (QED) is 0.0372. The smallest absolute Gasteiger partial charge is 0.404 e. The summed E-state index contributed by atoms with van der Waals surface area (Å²) in [6.07, 6.45) is 1.30. The Bertz CT molecular complexity index is 3320. The first-order valence-electron chi connectivity index (χ1n) is 22.9. The number of amidine groups is 4. The zero-order valence-corrected chi connectivity index (χ0v) is 42.4. The van der Waals surface area contributed by atoms with E-state index in [1.807, 2.05) is 81.9 Å². The van der Waals surface area contributed by atoms with Gasteiger partial charge in [-0.05, 0) is 111 Å². The molecule has 0 aliphatic carbocycles. The normalized spacial score (nSPS) is 17.4. The van der Waals surface area contributed by atoms with Gasteiger partial charge in [0.05, 0.1) is 5.75 Å². The van der Waals surface area contributed by atoms with E-state index in [-0.39, 0.29) is 18.7 Å². The predicted molar refractivity (Wildman–Crippen MR) is 271 cm³/mol. The average molecular weight is 983 g/mol. The van der Waals surface area contributed by atoms with Crippen molar-refractivity contribution in [2.45, 2.75) is 64.0 Å². The van der Waals surface area contributed by atoms with Crippen LogP contribution in [0.1, 0.15) is 47.9 Å². The number of carbonyl (C=O) groups is 1. The maximum absolute atomic E-state index is 12.8. The Hall–Kier alpha value is -6.11. The maximum Gasteiger partial charge on any atom is 0.586 e. The lowest BCUT2D eigenvalue weighted by Crippen LogP contribution is -2.70. The second-order valence-electron chi connectivity index (χ2n) is 18.8. The number of carbonyl (C=O) groups excluding carboxylic acids is 1. The van der Waals surface area contributed by atoms with Crippen LogP contribution in [0.2, 0.25) is 38.3 Å². The zero-order chi connectivity index (χ0) is 47.8. The van der Waals surface area contributed by atoms with Crippen LogP contribution in [0.25, 0.3) is 21.5 Å². The molecule has 4 N–H and O–H groups in total. The molecule has 0 fully saturated rings. The van der Waals surface area contributed by atoms with E-state index in [1.54, 1.807) is 0 Å². The number of amides is 1. The molecule has 4 aromatic carbocycles. The minimum absolute atomic E-state index is 0.0196. The molecule has 6 bridgehead atoms. The van der Waals surface area contributed by atoms with Gasteiger partial charge in [0.1, 0.15) is 0 Å². The van der Waals surface area contributed by atoms with Gasteiger partial charge >= 0.3 is 8.88 Å². The number of fused-ring (bicyclic) bond motifs is 14. The average Bonchev–Trinajstić information content (AvgIpc) is 3.96. The lowest BCUT2D eigenvalue weighted by molar-refractivity contribution is -0.329. The number of aliphatic imine (C=N–C) groups is 2.